The van der Waals surface area contributed by atoms with Gasteiger partial charge in [0.2, 0.25) is 5.76 Å². The molecule has 0 radical (unpaired) electrons. The van der Waals surface area contributed by atoms with Gasteiger partial charge in [-0.1, -0.05) is 6.42 Å². The van der Waals surface area contributed by atoms with Crippen molar-refractivity contribution in [2.75, 3.05) is 33.4 Å². The van der Waals surface area contributed by atoms with Crippen molar-refractivity contribution < 1.29 is 18.8 Å². The molecule has 1 aliphatic rings. The number of likely N-dealkylation sites (tertiary alicyclic amines) is 1. The van der Waals surface area contributed by atoms with Crippen molar-refractivity contribution in [3.05, 3.63) is 11.8 Å². The molecule has 2 rings (SSSR count). The second-order valence-corrected chi connectivity index (χ2v) is 4.63. The van der Waals surface area contributed by atoms with Crippen LogP contribution >= 0.6 is 0 Å². The smallest absolute Gasteiger partial charge is 0.377 e. The minimum absolute atomic E-state index is 0.0635. The van der Waals surface area contributed by atoms with Crippen LogP contribution in [0.25, 0.3) is 0 Å². The van der Waals surface area contributed by atoms with Gasteiger partial charge in [0.1, 0.15) is 0 Å². The molecule has 0 unspecified atom stereocenters. The van der Waals surface area contributed by atoms with Gasteiger partial charge in [-0.2, -0.15) is 0 Å². The van der Waals surface area contributed by atoms with Crippen molar-refractivity contribution in [1.29, 1.82) is 0 Å². The van der Waals surface area contributed by atoms with E-state index in [4.69, 9.17) is 9.26 Å². The van der Waals surface area contributed by atoms with Crippen LogP contribution in [0.5, 0.6) is 5.88 Å². The van der Waals surface area contributed by atoms with Gasteiger partial charge in [0.25, 0.3) is 5.88 Å². The standard InChI is InChI=1S/C13H20N2O4/c1-17-13(16)11-10-12(14-19-11)18-9-5-8-15-6-3-2-4-7-15/h10H,2-9H2,1H3. The number of hydrogen-bond donors (Lipinski definition) is 0. The molecule has 1 aromatic heterocycles. The molecule has 0 spiro atoms. The number of hydrogen-bond acceptors (Lipinski definition) is 6. The molecule has 0 bridgehead atoms. The predicted octanol–water partition coefficient (Wildman–Crippen LogP) is 1.72. The summed E-state index contributed by atoms with van der Waals surface area (Å²) in [5.41, 5.74) is 0. The average molecular weight is 268 g/mol. The number of aromatic nitrogens is 1. The van der Waals surface area contributed by atoms with Crippen LogP contribution in [0.4, 0.5) is 0 Å². The van der Waals surface area contributed by atoms with Crippen LogP contribution in [0.15, 0.2) is 10.6 Å². The minimum atomic E-state index is -0.546. The predicted molar refractivity (Wildman–Crippen MR) is 68.2 cm³/mol. The first-order chi connectivity index (χ1) is 9.29. The van der Waals surface area contributed by atoms with Gasteiger partial charge in [0.15, 0.2) is 0 Å². The highest BCUT2D eigenvalue weighted by atomic mass is 16.6. The first-order valence-corrected chi connectivity index (χ1v) is 6.70. The lowest BCUT2D eigenvalue weighted by Gasteiger charge is -2.26. The fourth-order valence-corrected chi connectivity index (χ4v) is 2.17. The lowest BCUT2D eigenvalue weighted by atomic mass is 10.1. The molecule has 0 aromatic carbocycles. The summed E-state index contributed by atoms with van der Waals surface area (Å²) in [5.74, 6) is -0.150. The summed E-state index contributed by atoms with van der Waals surface area (Å²) in [6.07, 6.45) is 4.89. The van der Waals surface area contributed by atoms with Crippen molar-refractivity contribution in [3.8, 4) is 5.88 Å². The van der Waals surface area contributed by atoms with Gasteiger partial charge in [-0.25, -0.2) is 4.79 Å². The quantitative estimate of drug-likeness (QED) is 0.578. The minimum Gasteiger partial charge on any atom is -0.475 e. The van der Waals surface area contributed by atoms with E-state index in [1.54, 1.807) is 0 Å². The highest BCUT2D eigenvalue weighted by Crippen LogP contribution is 2.13. The Morgan fingerprint density at radius 3 is 2.95 bits per heavy atom. The second kappa shape index (κ2) is 7.13. The molecular formula is C13H20N2O4. The fourth-order valence-electron chi connectivity index (χ4n) is 2.17. The highest BCUT2D eigenvalue weighted by molar-refractivity contribution is 5.86. The number of rotatable bonds is 6. The first-order valence-electron chi connectivity index (χ1n) is 6.70. The topological polar surface area (TPSA) is 64.8 Å². The van der Waals surface area contributed by atoms with E-state index in [1.807, 2.05) is 0 Å². The number of carbonyl (C=O) groups is 1. The Morgan fingerprint density at radius 2 is 2.21 bits per heavy atom. The van der Waals surface area contributed by atoms with Crippen LogP contribution < -0.4 is 4.74 Å². The molecule has 2 heterocycles. The largest absolute Gasteiger partial charge is 0.475 e. The molecule has 106 valence electrons. The first kappa shape index (κ1) is 13.9. The molecule has 1 aromatic rings. The van der Waals surface area contributed by atoms with E-state index >= 15 is 0 Å². The molecule has 6 nitrogen and oxygen atoms in total. The molecule has 0 atom stereocenters. The molecule has 19 heavy (non-hydrogen) atoms. The molecule has 0 N–H and O–H groups in total. The molecule has 0 amide bonds. The van der Waals surface area contributed by atoms with E-state index < -0.39 is 5.97 Å². The third-order valence-electron chi connectivity index (χ3n) is 3.19. The number of esters is 1. The summed E-state index contributed by atoms with van der Waals surface area (Å²) in [4.78, 5) is 13.6. The summed E-state index contributed by atoms with van der Waals surface area (Å²) in [5, 5.41) is 3.66. The van der Waals surface area contributed by atoms with Gasteiger partial charge < -0.3 is 18.9 Å². The molecule has 6 heteroatoms. The molecule has 0 aliphatic carbocycles. The number of methoxy groups -OCH3 is 1. The van der Waals surface area contributed by atoms with Crippen molar-refractivity contribution in [1.82, 2.24) is 10.1 Å². The van der Waals surface area contributed by atoms with Gasteiger partial charge in [0, 0.05) is 6.54 Å². The van der Waals surface area contributed by atoms with Gasteiger partial charge >= 0.3 is 5.97 Å². The Labute approximate surface area is 112 Å². The van der Waals surface area contributed by atoms with E-state index in [1.165, 1.54) is 45.5 Å². The molecule has 1 fully saturated rings. The summed E-state index contributed by atoms with van der Waals surface area (Å²) in [6, 6.07) is 1.45. The van der Waals surface area contributed by atoms with Crippen LogP contribution in [-0.4, -0.2) is 49.4 Å². The van der Waals surface area contributed by atoms with E-state index in [0.717, 1.165) is 13.0 Å². The average Bonchev–Trinajstić information content (AvgIpc) is 2.93. The van der Waals surface area contributed by atoms with Crippen LogP contribution in [0.1, 0.15) is 36.2 Å². The zero-order chi connectivity index (χ0) is 13.5. The number of carbonyl (C=O) groups excluding carboxylic acids is 1. The maximum absolute atomic E-state index is 11.1. The molecule has 1 saturated heterocycles. The maximum Gasteiger partial charge on any atom is 0.377 e. The summed E-state index contributed by atoms with van der Waals surface area (Å²) in [6.45, 7) is 4.00. The Morgan fingerprint density at radius 1 is 1.42 bits per heavy atom. The van der Waals surface area contributed by atoms with E-state index in [0.29, 0.717) is 12.5 Å². The Bertz CT molecular complexity index is 399. The lowest BCUT2D eigenvalue weighted by Crippen LogP contribution is -2.31. The number of ether oxygens (including phenoxy) is 2. The Hall–Kier alpha value is -1.56. The van der Waals surface area contributed by atoms with Gasteiger partial charge in [-0.15, -0.1) is 0 Å². The zero-order valence-corrected chi connectivity index (χ0v) is 11.3. The van der Waals surface area contributed by atoms with Crippen LogP contribution in [0, 0.1) is 0 Å². The van der Waals surface area contributed by atoms with E-state index in [2.05, 4.69) is 14.8 Å². The van der Waals surface area contributed by atoms with Crippen LogP contribution in [0.3, 0.4) is 0 Å². The summed E-state index contributed by atoms with van der Waals surface area (Å²) in [7, 11) is 1.30. The van der Waals surface area contributed by atoms with Gasteiger partial charge in [-0.05, 0) is 37.5 Å². The van der Waals surface area contributed by atoms with Gasteiger partial charge in [-0.3, -0.25) is 0 Å². The van der Waals surface area contributed by atoms with Crippen molar-refractivity contribution in [2.24, 2.45) is 0 Å². The van der Waals surface area contributed by atoms with Crippen LogP contribution in [-0.2, 0) is 4.74 Å². The normalized spacial score (nSPS) is 16.3. The van der Waals surface area contributed by atoms with Crippen molar-refractivity contribution in [3.63, 3.8) is 0 Å². The second-order valence-electron chi connectivity index (χ2n) is 4.63. The van der Waals surface area contributed by atoms with Gasteiger partial charge in [0.05, 0.1) is 19.8 Å². The van der Waals surface area contributed by atoms with Crippen LogP contribution in [0.2, 0.25) is 0 Å². The Balaban J connectivity index is 1.65. The SMILES string of the molecule is COC(=O)c1cc(OCCCN2CCCCC2)no1. The number of piperidine rings is 1. The fraction of sp³-hybridized carbons (Fsp3) is 0.692. The van der Waals surface area contributed by atoms with Crippen molar-refractivity contribution in [2.45, 2.75) is 25.7 Å². The van der Waals surface area contributed by atoms with Crippen molar-refractivity contribution >= 4 is 5.97 Å². The van der Waals surface area contributed by atoms with E-state index in [9.17, 15) is 4.79 Å². The lowest BCUT2D eigenvalue weighted by molar-refractivity contribution is 0.0554. The maximum atomic E-state index is 11.1. The third kappa shape index (κ3) is 4.24. The molecule has 0 saturated carbocycles. The summed E-state index contributed by atoms with van der Waals surface area (Å²) >= 11 is 0. The Kier molecular flexibility index (Phi) is 5.20. The van der Waals surface area contributed by atoms with E-state index in [-0.39, 0.29) is 5.76 Å². The highest BCUT2D eigenvalue weighted by Gasteiger charge is 2.14. The monoisotopic (exact) mass is 268 g/mol. The third-order valence-corrected chi connectivity index (χ3v) is 3.19. The molecular weight excluding hydrogens is 248 g/mol. The number of nitrogens with zero attached hydrogens (tertiary/aromatic N) is 2. The molecule has 1 aliphatic heterocycles. The summed E-state index contributed by atoms with van der Waals surface area (Å²) < 4.78 is 14.8. The zero-order valence-electron chi connectivity index (χ0n) is 11.3.